The second kappa shape index (κ2) is 2.36. The zero-order valence-corrected chi connectivity index (χ0v) is 5.18. The molecule has 1 unspecified atom stereocenters. The molecule has 0 aliphatic carbocycles. The minimum atomic E-state index is 0.0104. The monoisotopic (exact) mass is 119 g/mol. The Hall–Kier alpha value is -1.23. The fourth-order valence-electron chi connectivity index (χ4n) is 0.587. The molecule has 0 saturated carbocycles. The molecule has 0 amide bonds. The summed E-state index contributed by atoms with van der Waals surface area (Å²) in [7, 11) is 0. The number of rotatable bonds is 1. The van der Waals surface area contributed by atoms with Crippen LogP contribution in [0.25, 0.3) is 0 Å². The zero-order valence-electron chi connectivity index (χ0n) is 5.18. The van der Waals surface area contributed by atoms with Gasteiger partial charge in [-0.1, -0.05) is 5.92 Å². The molecule has 0 saturated heterocycles. The average Bonchev–Trinajstić information content (AvgIpc) is 2.37. The predicted molar refractivity (Wildman–Crippen MR) is 34.1 cm³/mol. The quantitative estimate of drug-likeness (QED) is 0.551. The van der Waals surface area contributed by atoms with Crippen molar-refractivity contribution in [3.63, 3.8) is 0 Å². The van der Waals surface area contributed by atoms with Crippen LogP contribution in [0.4, 0.5) is 0 Å². The van der Waals surface area contributed by atoms with Gasteiger partial charge in [0.15, 0.2) is 0 Å². The lowest BCUT2D eigenvalue weighted by molar-refractivity contribution is 0.905. The fraction of sp³-hybridized carbons (Fsp3) is 0.286. The molecule has 1 rings (SSSR count). The van der Waals surface area contributed by atoms with Gasteiger partial charge in [-0.05, 0) is 19.4 Å². The van der Waals surface area contributed by atoms with Crippen molar-refractivity contribution < 1.29 is 0 Å². The molecule has 9 heavy (non-hydrogen) atoms. The van der Waals surface area contributed by atoms with Crippen LogP contribution in [0.15, 0.2) is 12.3 Å². The van der Waals surface area contributed by atoms with Gasteiger partial charge < -0.3 is 0 Å². The zero-order chi connectivity index (χ0) is 6.69. The van der Waals surface area contributed by atoms with E-state index < -0.39 is 0 Å². The van der Waals surface area contributed by atoms with Crippen LogP contribution in [0.5, 0.6) is 0 Å². The summed E-state index contributed by atoms with van der Waals surface area (Å²) in [6, 6.07) is 1.84. The molecular formula is C7H7N2. The van der Waals surface area contributed by atoms with Gasteiger partial charge in [0, 0.05) is 6.20 Å². The topological polar surface area (TPSA) is 28.7 Å². The molecule has 0 aromatic carbocycles. The van der Waals surface area contributed by atoms with Crippen LogP contribution < -0.4 is 0 Å². The molecule has 2 nitrogen and oxygen atoms in total. The lowest BCUT2D eigenvalue weighted by Gasteiger charge is -1.93. The van der Waals surface area contributed by atoms with Crippen molar-refractivity contribution in [1.82, 2.24) is 10.2 Å². The van der Waals surface area contributed by atoms with Crippen LogP contribution in [0, 0.1) is 12.3 Å². The van der Waals surface area contributed by atoms with E-state index in [4.69, 9.17) is 6.42 Å². The van der Waals surface area contributed by atoms with Gasteiger partial charge in [0.25, 0.3) is 0 Å². The Kier molecular flexibility index (Phi) is 1.55. The highest BCUT2D eigenvalue weighted by Crippen LogP contribution is 2.07. The third kappa shape index (κ3) is 1.11. The minimum Gasteiger partial charge on any atom is -0.285 e. The Morgan fingerprint density at radius 1 is 1.89 bits per heavy atom. The van der Waals surface area contributed by atoms with Gasteiger partial charge >= 0.3 is 0 Å². The lowest BCUT2D eigenvalue weighted by atomic mass is 10.1. The highest BCUT2D eigenvalue weighted by Gasteiger charge is 2.00. The summed E-state index contributed by atoms with van der Waals surface area (Å²) in [5.41, 5.74) is 0.866. The number of nitrogens with zero attached hydrogens (tertiary/aromatic N) is 1. The Labute approximate surface area is 54.3 Å². The Bertz CT molecular complexity index is 205. The van der Waals surface area contributed by atoms with Gasteiger partial charge in [-0.25, -0.2) is 0 Å². The van der Waals surface area contributed by atoms with Crippen molar-refractivity contribution in [3.05, 3.63) is 24.4 Å². The van der Waals surface area contributed by atoms with E-state index in [9.17, 15) is 0 Å². The van der Waals surface area contributed by atoms with Crippen molar-refractivity contribution in [1.29, 1.82) is 0 Å². The summed E-state index contributed by atoms with van der Waals surface area (Å²) in [6.07, 6.45) is 8.52. The van der Waals surface area contributed by atoms with E-state index in [0.717, 1.165) is 5.69 Å². The third-order valence-corrected chi connectivity index (χ3v) is 1.18. The predicted octanol–water partition coefficient (Wildman–Crippen LogP) is 1.10. The second-order valence-corrected chi connectivity index (χ2v) is 1.87. The molecule has 1 N–H and O–H groups in total. The first-order valence-electron chi connectivity index (χ1n) is 2.76. The molecule has 2 heteroatoms. The van der Waals surface area contributed by atoms with Crippen molar-refractivity contribution in [2.75, 3.05) is 0 Å². The average molecular weight is 119 g/mol. The molecular weight excluding hydrogens is 112 g/mol. The maximum atomic E-state index is 6.78. The Morgan fingerprint density at radius 2 is 2.67 bits per heavy atom. The highest BCUT2D eigenvalue weighted by molar-refractivity contribution is 5.13. The van der Waals surface area contributed by atoms with Crippen molar-refractivity contribution >= 4 is 0 Å². The lowest BCUT2D eigenvalue weighted by Crippen LogP contribution is -1.88. The number of hydrogen-bond donors (Lipinski definition) is 1. The first-order valence-corrected chi connectivity index (χ1v) is 2.76. The summed E-state index contributed by atoms with van der Waals surface area (Å²) >= 11 is 0. The van der Waals surface area contributed by atoms with Crippen LogP contribution in [0.2, 0.25) is 0 Å². The molecule has 1 aromatic heterocycles. The molecule has 0 aliphatic rings. The van der Waals surface area contributed by atoms with Crippen molar-refractivity contribution in [2.24, 2.45) is 0 Å². The van der Waals surface area contributed by atoms with Crippen LogP contribution >= 0.6 is 0 Å². The van der Waals surface area contributed by atoms with Crippen LogP contribution in [0.3, 0.4) is 0 Å². The minimum absolute atomic E-state index is 0.0104. The smallest absolute Gasteiger partial charge is 0.0769 e. The fourth-order valence-corrected chi connectivity index (χ4v) is 0.587. The second-order valence-electron chi connectivity index (χ2n) is 1.87. The number of nitrogens with one attached hydrogen (secondary N) is 1. The van der Waals surface area contributed by atoms with E-state index in [1.54, 1.807) is 6.20 Å². The normalized spacial score (nSPS) is 12.4. The maximum Gasteiger partial charge on any atom is 0.0769 e. The first kappa shape index (κ1) is 5.90. The van der Waals surface area contributed by atoms with Gasteiger partial charge in [-0.15, -0.1) is 0 Å². The van der Waals surface area contributed by atoms with E-state index in [0.29, 0.717) is 0 Å². The Balaban J connectivity index is 2.80. The first-order chi connectivity index (χ1) is 4.34. The molecule has 1 aromatic rings. The summed E-state index contributed by atoms with van der Waals surface area (Å²) in [6.45, 7) is 1.88. The van der Waals surface area contributed by atoms with E-state index in [1.807, 2.05) is 13.0 Å². The van der Waals surface area contributed by atoms with Gasteiger partial charge in [-0.3, -0.25) is 5.10 Å². The van der Waals surface area contributed by atoms with Crippen molar-refractivity contribution in [2.45, 2.75) is 12.8 Å². The molecule has 1 radical (unpaired) electrons. The molecule has 0 aliphatic heterocycles. The summed E-state index contributed by atoms with van der Waals surface area (Å²) in [5, 5.41) is 6.55. The van der Waals surface area contributed by atoms with Gasteiger partial charge in [0.05, 0.1) is 11.6 Å². The summed E-state index contributed by atoms with van der Waals surface area (Å²) in [5.74, 6) is 2.35. The van der Waals surface area contributed by atoms with Crippen molar-refractivity contribution in [3.8, 4) is 5.92 Å². The van der Waals surface area contributed by atoms with E-state index >= 15 is 0 Å². The van der Waals surface area contributed by atoms with Gasteiger partial charge in [0.1, 0.15) is 0 Å². The van der Waals surface area contributed by atoms with E-state index in [1.165, 1.54) is 0 Å². The standard InChI is InChI=1S/C7H7N2/c1-3-6(2)7-4-5-8-9-7/h4-6H,2H3,(H,8,9). The molecule has 0 spiro atoms. The van der Waals surface area contributed by atoms with E-state index in [2.05, 4.69) is 16.1 Å². The largest absolute Gasteiger partial charge is 0.285 e. The Morgan fingerprint density at radius 3 is 3.11 bits per heavy atom. The molecule has 0 bridgehead atoms. The van der Waals surface area contributed by atoms with Gasteiger partial charge in [0.2, 0.25) is 0 Å². The van der Waals surface area contributed by atoms with E-state index in [-0.39, 0.29) is 5.92 Å². The molecule has 45 valence electrons. The number of H-pyrrole nitrogens is 1. The summed E-state index contributed by atoms with van der Waals surface area (Å²) < 4.78 is 0. The molecule has 1 heterocycles. The van der Waals surface area contributed by atoms with Crippen LogP contribution in [-0.2, 0) is 0 Å². The SMILES string of the molecule is [C]#CC(C)c1cc[nH]n1. The molecule has 1 atom stereocenters. The van der Waals surface area contributed by atoms with Crippen LogP contribution in [0.1, 0.15) is 18.5 Å². The number of aromatic nitrogens is 2. The summed E-state index contributed by atoms with van der Waals surface area (Å²) in [4.78, 5) is 0. The highest BCUT2D eigenvalue weighted by atomic mass is 15.1. The van der Waals surface area contributed by atoms with Crippen LogP contribution in [-0.4, -0.2) is 10.2 Å². The number of hydrogen-bond acceptors (Lipinski definition) is 1. The third-order valence-electron chi connectivity index (χ3n) is 1.18. The number of aromatic amines is 1. The molecule has 0 fully saturated rings. The van der Waals surface area contributed by atoms with Gasteiger partial charge in [-0.2, -0.15) is 5.10 Å². The maximum absolute atomic E-state index is 6.78.